The van der Waals surface area contributed by atoms with Crippen molar-refractivity contribution < 1.29 is 18.3 Å². The highest BCUT2D eigenvalue weighted by molar-refractivity contribution is 7.91. The molecule has 0 aliphatic carbocycles. The van der Waals surface area contributed by atoms with Crippen molar-refractivity contribution in [3.8, 4) is 0 Å². The molecule has 8 heteroatoms. The topological polar surface area (TPSA) is 92.5 Å². The number of fused-ring (bicyclic) bond motifs is 1. The maximum Gasteiger partial charge on any atom is 0.407 e. The van der Waals surface area contributed by atoms with Crippen molar-refractivity contribution in [1.29, 1.82) is 0 Å². The van der Waals surface area contributed by atoms with Crippen LogP contribution < -0.4 is 0 Å². The summed E-state index contributed by atoms with van der Waals surface area (Å²) >= 11 is 0. The van der Waals surface area contributed by atoms with Crippen LogP contribution in [0.1, 0.15) is 30.0 Å². The van der Waals surface area contributed by atoms with Crippen LogP contribution in [0.3, 0.4) is 0 Å². The third-order valence-electron chi connectivity index (χ3n) is 5.59. The van der Waals surface area contributed by atoms with E-state index >= 15 is 0 Å². The Hall–Kier alpha value is -2.87. The molecule has 152 valence electrons. The summed E-state index contributed by atoms with van der Waals surface area (Å²) in [4.78, 5) is 17.4. The number of sulfone groups is 1. The Labute approximate surface area is 169 Å². The number of pyridine rings is 1. The molecule has 4 rings (SSSR count). The van der Waals surface area contributed by atoms with E-state index in [0.29, 0.717) is 30.4 Å². The predicted octanol–water partition coefficient (Wildman–Crippen LogP) is 3.35. The van der Waals surface area contributed by atoms with E-state index in [0.717, 1.165) is 35.0 Å². The summed E-state index contributed by atoms with van der Waals surface area (Å²) in [6.07, 6.45) is 5.75. The van der Waals surface area contributed by atoms with Crippen LogP contribution in [0.15, 0.2) is 53.7 Å². The number of hydrogen-bond acceptors (Lipinski definition) is 4. The molecule has 0 radical (unpaired) electrons. The molecular weight excluding hydrogens is 390 g/mol. The summed E-state index contributed by atoms with van der Waals surface area (Å²) in [7, 11) is -3.29. The van der Waals surface area contributed by atoms with Crippen LogP contribution in [-0.4, -0.2) is 53.4 Å². The third-order valence-corrected chi connectivity index (χ3v) is 6.74. The fourth-order valence-corrected chi connectivity index (χ4v) is 4.90. The van der Waals surface area contributed by atoms with E-state index in [-0.39, 0.29) is 0 Å². The lowest BCUT2D eigenvalue weighted by molar-refractivity contribution is 0.132. The molecule has 1 saturated heterocycles. The number of rotatable bonds is 4. The summed E-state index contributed by atoms with van der Waals surface area (Å²) < 4.78 is 26.0. The van der Waals surface area contributed by atoms with Crippen LogP contribution in [-0.2, 0) is 16.4 Å². The first-order chi connectivity index (χ1) is 13.8. The van der Waals surface area contributed by atoms with Crippen molar-refractivity contribution in [3.63, 3.8) is 0 Å². The van der Waals surface area contributed by atoms with Gasteiger partial charge in [0, 0.05) is 42.6 Å². The molecule has 1 aliphatic heterocycles. The van der Waals surface area contributed by atoms with Crippen molar-refractivity contribution in [2.45, 2.75) is 30.2 Å². The van der Waals surface area contributed by atoms with Crippen LogP contribution in [0, 0.1) is 0 Å². The molecule has 1 amide bonds. The van der Waals surface area contributed by atoms with E-state index < -0.39 is 15.9 Å². The maximum absolute atomic E-state index is 12.0. The Bertz CT molecular complexity index is 1140. The molecule has 7 nitrogen and oxygen atoms in total. The number of likely N-dealkylation sites (tertiary alicyclic amines) is 1. The minimum absolute atomic E-state index is 0.330. The maximum atomic E-state index is 12.0. The quantitative estimate of drug-likeness (QED) is 0.708. The van der Waals surface area contributed by atoms with Crippen molar-refractivity contribution in [3.05, 3.63) is 60.0 Å². The van der Waals surface area contributed by atoms with Crippen LogP contribution in [0.2, 0.25) is 0 Å². The highest BCUT2D eigenvalue weighted by atomic mass is 32.2. The number of aromatic nitrogens is 2. The van der Waals surface area contributed by atoms with Crippen molar-refractivity contribution >= 4 is 26.8 Å². The van der Waals surface area contributed by atoms with Gasteiger partial charge in [-0.05, 0) is 48.6 Å². The zero-order valence-corrected chi connectivity index (χ0v) is 17.0. The fraction of sp³-hybridized carbons (Fsp3) is 0.333. The van der Waals surface area contributed by atoms with Crippen molar-refractivity contribution in [2.75, 3.05) is 19.3 Å². The lowest BCUT2D eigenvalue weighted by Crippen LogP contribution is -2.36. The molecule has 1 aromatic carbocycles. The number of carbonyl (C=O) groups is 1. The fourth-order valence-electron chi connectivity index (χ4n) is 4.01. The Morgan fingerprint density at radius 3 is 2.55 bits per heavy atom. The first-order valence-electron chi connectivity index (χ1n) is 9.53. The minimum atomic E-state index is -3.29. The van der Waals surface area contributed by atoms with Crippen LogP contribution in [0.5, 0.6) is 0 Å². The molecule has 29 heavy (non-hydrogen) atoms. The van der Waals surface area contributed by atoms with Gasteiger partial charge in [0.1, 0.15) is 0 Å². The molecule has 0 saturated carbocycles. The zero-order chi connectivity index (χ0) is 20.6. The van der Waals surface area contributed by atoms with Gasteiger partial charge in [0.25, 0.3) is 0 Å². The van der Waals surface area contributed by atoms with E-state index in [4.69, 9.17) is 5.11 Å². The molecule has 2 aromatic heterocycles. The molecule has 1 fully saturated rings. The molecule has 1 aliphatic rings. The first kappa shape index (κ1) is 19.4. The summed E-state index contributed by atoms with van der Waals surface area (Å²) in [6, 6.07) is 11.2. The molecular formula is C21H23N3O4S. The van der Waals surface area contributed by atoms with Crippen molar-refractivity contribution in [2.24, 2.45) is 0 Å². The van der Waals surface area contributed by atoms with Gasteiger partial charge in [0.15, 0.2) is 9.84 Å². The van der Waals surface area contributed by atoms with Gasteiger partial charge < -0.3 is 14.6 Å². The predicted molar refractivity (Wildman–Crippen MR) is 110 cm³/mol. The van der Waals surface area contributed by atoms with Gasteiger partial charge >= 0.3 is 6.09 Å². The number of nitrogens with zero attached hydrogens (tertiary/aromatic N) is 3. The van der Waals surface area contributed by atoms with Gasteiger partial charge in [0.05, 0.1) is 17.1 Å². The molecule has 0 atom stereocenters. The second kappa shape index (κ2) is 7.51. The second-order valence-corrected chi connectivity index (χ2v) is 9.52. The molecule has 0 bridgehead atoms. The highest BCUT2D eigenvalue weighted by Gasteiger charge is 2.23. The number of hydrogen-bond donors (Lipinski definition) is 1. The lowest BCUT2D eigenvalue weighted by atomic mass is 9.90. The van der Waals surface area contributed by atoms with Gasteiger partial charge in [0.2, 0.25) is 0 Å². The van der Waals surface area contributed by atoms with E-state index in [9.17, 15) is 13.2 Å². The Morgan fingerprint density at radius 2 is 1.93 bits per heavy atom. The molecule has 0 spiro atoms. The summed E-state index contributed by atoms with van der Waals surface area (Å²) in [5, 5.41) is 9.79. The molecule has 0 unspecified atom stereocenters. The van der Waals surface area contributed by atoms with E-state index in [1.54, 1.807) is 12.1 Å². The Kier molecular flexibility index (Phi) is 5.04. The van der Waals surface area contributed by atoms with E-state index in [2.05, 4.69) is 11.1 Å². The number of amides is 1. The van der Waals surface area contributed by atoms with Gasteiger partial charge in [-0.2, -0.15) is 0 Å². The van der Waals surface area contributed by atoms with E-state index in [1.165, 1.54) is 11.2 Å². The SMILES string of the molecule is CS(=O)(=O)c1cccc2c1ccn2Cc1ccc(C2CCN(C(=O)O)CC2)cn1. The smallest absolute Gasteiger partial charge is 0.407 e. The normalized spacial score (nSPS) is 15.7. The number of piperidine rings is 1. The molecule has 3 aromatic rings. The van der Waals surface area contributed by atoms with Gasteiger partial charge in [-0.15, -0.1) is 0 Å². The Balaban J connectivity index is 1.51. The van der Waals surface area contributed by atoms with Crippen molar-refractivity contribution in [1.82, 2.24) is 14.5 Å². The molecule has 1 N–H and O–H groups in total. The summed E-state index contributed by atoms with van der Waals surface area (Å²) in [5.74, 6) is 0.330. The average molecular weight is 413 g/mol. The average Bonchev–Trinajstić information content (AvgIpc) is 3.11. The van der Waals surface area contributed by atoms with Crippen LogP contribution in [0.25, 0.3) is 10.9 Å². The zero-order valence-electron chi connectivity index (χ0n) is 16.2. The number of benzene rings is 1. The third kappa shape index (κ3) is 3.98. The second-order valence-electron chi connectivity index (χ2n) is 7.53. The van der Waals surface area contributed by atoms with Crippen LogP contribution in [0.4, 0.5) is 4.79 Å². The standard InChI is InChI=1S/C21H23N3O4S/c1-29(27,28)20-4-2-3-19-18(20)9-12-24(19)14-17-6-5-16(13-22-17)15-7-10-23(11-8-15)21(25)26/h2-6,9,12-13,15H,7-8,10-11,14H2,1H3,(H,25,26). The lowest BCUT2D eigenvalue weighted by Gasteiger charge is -2.30. The highest BCUT2D eigenvalue weighted by Crippen LogP contribution is 2.28. The monoisotopic (exact) mass is 413 g/mol. The largest absolute Gasteiger partial charge is 0.465 e. The molecule has 3 heterocycles. The minimum Gasteiger partial charge on any atom is -0.465 e. The van der Waals surface area contributed by atoms with E-state index in [1.807, 2.05) is 35.2 Å². The number of carboxylic acid groups (broad SMARTS) is 1. The Morgan fingerprint density at radius 1 is 1.17 bits per heavy atom. The first-order valence-corrected chi connectivity index (χ1v) is 11.4. The van der Waals surface area contributed by atoms with Gasteiger partial charge in [-0.3, -0.25) is 4.98 Å². The van der Waals surface area contributed by atoms with Crippen LogP contribution >= 0.6 is 0 Å². The summed E-state index contributed by atoms with van der Waals surface area (Å²) in [5.41, 5.74) is 2.88. The summed E-state index contributed by atoms with van der Waals surface area (Å²) in [6.45, 7) is 1.66. The van der Waals surface area contributed by atoms with Gasteiger partial charge in [-0.1, -0.05) is 12.1 Å². The van der Waals surface area contributed by atoms with Gasteiger partial charge in [-0.25, -0.2) is 13.2 Å².